The van der Waals surface area contributed by atoms with Crippen molar-refractivity contribution in [2.75, 3.05) is 6.61 Å². The third kappa shape index (κ3) is 9.98. The van der Waals surface area contributed by atoms with Gasteiger partial charge < -0.3 is 14.9 Å². The molecule has 4 aliphatic rings. The molecule has 70 heavy (non-hydrogen) atoms. The Morgan fingerprint density at radius 2 is 1.19 bits per heavy atom. The van der Waals surface area contributed by atoms with Crippen LogP contribution in [0.3, 0.4) is 0 Å². The third-order valence-electron chi connectivity index (χ3n) is 15.2. The second-order valence-electron chi connectivity index (χ2n) is 19.4. The first-order valence-electron chi connectivity index (χ1n) is 24.4. The number of rotatable bonds is 9. The normalized spacial score (nSPS) is 21.9. The summed E-state index contributed by atoms with van der Waals surface area (Å²) in [4.78, 5) is 9.82. The molecule has 0 bridgehead atoms. The molecule has 2 aromatic heterocycles. The number of benzene rings is 4. The van der Waals surface area contributed by atoms with Gasteiger partial charge >= 0.3 is 5.97 Å². The van der Waals surface area contributed by atoms with Gasteiger partial charge in [-0.3, -0.25) is 4.79 Å². The number of carbonyl (C=O) groups is 1. The predicted octanol–water partition coefficient (Wildman–Crippen LogP) is 13.0. The fourth-order valence-electron chi connectivity index (χ4n) is 11.4. The van der Waals surface area contributed by atoms with Gasteiger partial charge in [-0.05, 0) is 194 Å². The first-order valence-corrected chi connectivity index (χ1v) is 24.4. The second kappa shape index (κ2) is 20.9. The van der Waals surface area contributed by atoms with E-state index in [-0.39, 0.29) is 51.9 Å². The number of aromatic nitrogens is 4. The van der Waals surface area contributed by atoms with E-state index in [1.807, 2.05) is 34.7 Å². The Morgan fingerprint density at radius 1 is 0.729 bits per heavy atom. The molecule has 0 saturated heterocycles. The number of ether oxygens (including phenoxy) is 1. The van der Waals surface area contributed by atoms with E-state index in [1.54, 1.807) is 49.4 Å². The molecule has 0 aliphatic heterocycles. The molecular weight excluding hydrogens is 893 g/mol. The highest BCUT2D eigenvalue weighted by Crippen LogP contribution is 2.56. The van der Waals surface area contributed by atoms with Crippen LogP contribution in [0.4, 0.5) is 17.6 Å². The van der Waals surface area contributed by atoms with Crippen molar-refractivity contribution in [3.8, 4) is 11.4 Å². The van der Waals surface area contributed by atoms with Crippen molar-refractivity contribution in [1.29, 1.82) is 0 Å². The van der Waals surface area contributed by atoms with Gasteiger partial charge in [-0.25, -0.2) is 26.9 Å². The molecule has 8 nitrogen and oxygen atoms in total. The van der Waals surface area contributed by atoms with Crippen molar-refractivity contribution in [1.82, 2.24) is 19.6 Å². The van der Waals surface area contributed by atoms with E-state index in [9.17, 15) is 32.6 Å². The van der Waals surface area contributed by atoms with Crippen LogP contribution in [0.15, 0.2) is 115 Å². The maximum Gasteiger partial charge on any atom is 0.302 e. The van der Waals surface area contributed by atoms with Crippen LogP contribution in [-0.2, 0) is 28.8 Å². The highest BCUT2D eigenvalue weighted by atomic mass is 19.1. The van der Waals surface area contributed by atoms with Gasteiger partial charge in [-0.15, -0.1) is 0 Å². The van der Waals surface area contributed by atoms with Crippen molar-refractivity contribution in [3.63, 3.8) is 0 Å². The molecule has 10 rings (SSSR count). The number of aryl methyl sites for hydroxylation is 1. The lowest BCUT2D eigenvalue weighted by atomic mass is 9.57. The van der Waals surface area contributed by atoms with Crippen LogP contribution in [0, 0.1) is 45.9 Å². The number of hydrogen-bond donors (Lipinski definition) is 2. The van der Waals surface area contributed by atoms with E-state index in [4.69, 9.17) is 0 Å². The number of nitrogens with zero attached hydrogens (tertiary/aromatic N) is 4. The van der Waals surface area contributed by atoms with Gasteiger partial charge in [0.1, 0.15) is 23.3 Å². The predicted molar refractivity (Wildman–Crippen MR) is 266 cm³/mol. The number of aliphatic hydroxyl groups excluding tert-OH is 2. The summed E-state index contributed by atoms with van der Waals surface area (Å²) in [5.41, 5.74) is 10.7. The molecule has 2 saturated carbocycles. The molecule has 366 valence electrons. The molecule has 0 unspecified atom stereocenters. The minimum atomic E-state index is -0.698. The summed E-state index contributed by atoms with van der Waals surface area (Å²) in [6.07, 6.45) is 16.3. The highest BCUT2D eigenvalue weighted by Gasteiger charge is 2.48. The minimum Gasteiger partial charge on any atom is -0.466 e. The third-order valence-corrected chi connectivity index (χ3v) is 15.2. The monoisotopic (exact) mass is 954 g/mol. The maximum absolute atomic E-state index is 14.0. The van der Waals surface area contributed by atoms with E-state index in [1.165, 1.54) is 60.5 Å². The van der Waals surface area contributed by atoms with Crippen molar-refractivity contribution >= 4 is 24.2 Å². The molecule has 0 spiro atoms. The van der Waals surface area contributed by atoms with Gasteiger partial charge in [0, 0.05) is 12.5 Å². The smallest absolute Gasteiger partial charge is 0.302 e. The van der Waals surface area contributed by atoms with Gasteiger partial charge in [0.15, 0.2) is 0 Å². The molecule has 12 heteroatoms. The first-order chi connectivity index (χ1) is 33.6. The summed E-state index contributed by atoms with van der Waals surface area (Å²) >= 11 is 0. The quantitative estimate of drug-likeness (QED) is 0.111. The Hall–Kier alpha value is -6.37. The molecule has 2 heterocycles. The van der Waals surface area contributed by atoms with Crippen LogP contribution in [-0.4, -0.2) is 42.4 Å². The fourth-order valence-corrected chi connectivity index (χ4v) is 11.4. The van der Waals surface area contributed by atoms with Crippen LogP contribution < -0.4 is 0 Å². The lowest BCUT2D eigenvalue weighted by Crippen LogP contribution is -2.40. The average molecular weight is 955 g/mol. The van der Waals surface area contributed by atoms with Crippen LogP contribution in [0.2, 0.25) is 0 Å². The highest BCUT2D eigenvalue weighted by molar-refractivity contribution is 5.66. The summed E-state index contributed by atoms with van der Waals surface area (Å²) in [6.45, 7) is 13.7. The molecule has 4 aromatic carbocycles. The largest absolute Gasteiger partial charge is 0.466 e. The summed E-state index contributed by atoms with van der Waals surface area (Å²) in [5.74, 6) is -1.25. The zero-order chi connectivity index (χ0) is 49.9. The van der Waals surface area contributed by atoms with Crippen LogP contribution >= 0.6 is 0 Å². The molecule has 0 radical (unpaired) electrons. The minimum absolute atomic E-state index is 0.00736. The Kier molecular flexibility index (Phi) is 15.0. The average Bonchev–Trinajstić information content (AvgIpc) is 3.95. The van der Waals surface area contributed by atoms with Gasteiger partial charge in [-0.1, -0.05) is 62.8 Å². The zero-order valence-corrected chi connectivity index (χ0v) is 40.6. The van der Waals surface area contributed by atoms with Gasteiger partial charge in [-0.2, -0.15) is 10.2 Å². The number of aliphatic hydroxyl groups is 2. The standard InChI is InChI=1S/C27H28F2N2O.C27H26F2N2O.C4H8O2/c2*1-3-17-13-18(7-12-24(17)29)26(32)23-6-4-5-20-14-25-19(15-27(20,23)2)16-30-31(25)22-10-8-21(28)9-11-22;1-3-6-4(2)5/h7-14,16,23,26,32H,3-6,15H2,1-2H3;3,7-14,16,23,26,32H,1,4-6,15H2,2H3;3H2,1-2H3/t2*23-,26+,27+;/m11./s1. The first kappa shape index (κ1) is 50.0. The molecule has 6 atom stereocenters. The lowest BCUT2D eigenvalue weighted by molar-refractivity contribution is -0.140. The topological polar surface area (TPSA) is 102 Å². The maximum atomic E-state index is 14.0. The van der Waals surface area contributed by atoms with Crippen molar-refractivity contribution in [2.24, 2.45) is 22.7 Å². The number of hydrogen-bond acceptors (Lipinski definition) is 6. The molecular formula is C58H62F4N4O4. The fraction of sp³-hybridized carbons (Fsp3) is 0.362. The summed E-state index contributed by atoms with van der Waals surface area (Å²) in [5, 5.41) is 32.0. The van der Waals surface area contributed by atoms with Crippen LogP contribution in [0.25, 0.3) is 29.6 Å². The molecule has 2 N–H and O–H groups in total. The number of halogens is 4. The van der Waals surface area contributed by atoms with Crippen LogP contribution in [0.5, 0.6) is 0 Å². The Morgan fingerprint density at radius 3 is 1.60 bits per heavy atom. The molecule has 2 fully saturated rings. The van der Waals surface area contributed by atoms with Crippen LogP contribution in [0.1, 0.15) is 130 Å². The lowest BCUT2D eigenvalue weighted by Gasteiger charge is -2.47. The van der Waals surface area contributed by atoms with Gasteiger partial charge in [0.2, 0.25) is 0 Å². The number of esters is 1. The van der Waals surface area contributed by atoms with E-state index in [2.05, 4.69) is 47.5 Å². The number of fused-ring (bicyclic) bond motifs is 4. The Bertz CT molecular complexity index is 2920. The van der Waals surface area contributed by atoms with E-state index in [0.29, 0.717) is 24.2 Å². The summed E-state index contributed by atoms with van der Waals surface area (Å²) in [6, 6.07) is 22.5. The molecule has 6 aromatic rings. The number of carbonyl (C=O) groups excluding carboxylic acids is 1. The van der Waals surface area contributed by atoms with Crippen molar-refractivity contribution in [2.45, 2.75) is 105 Å². The summed E-state index contributed by atoms with van der Waals surface area (Å²) in [7, 11) is 0. The Labute approximate surface area is 408 Å². The van der Waals surface area contributed by atoms with Crippen molar-refractivity contribution < 1.29 is 37.3 Å². The van der Waals surface area contributed by atoms with E-state index < -0.39 is 12.2 Å². The number of allylic oxidation sites excluding steroid dienone is 2. The SMILES string of the molecule is C=Cc1cc([C@H](O)[C@H]2CCCC3=Cc4c(cnn4-c4ccc(F)cc4)C[C@@]32C)ccc1F.CCOC(C)=O.CCc1cc([C@H](O)[C@H]2CCCC3=Cc4c(cnn4-c4ccc(F)cc4)C[C@@]32C)ccc1F. The van der Waals surface area contributed by atoms with E-state index >= 15 is 0 Å². The van der Waals surface area contributed by atoms with Crippen molar-refractivity contribution in [3.05, 3.63) is 183 Å². The van der Waals surface area contributed by atoms with Gasteiger partial charge in [0.25, 0.3) is 0 Å². The second-order valence-corrected chi connectivity index (χ2v) is 19.4. The molecule has 4 aliphatic carbocycles. The zero-order valence-electron chi connectivity index (χ0n) is 40.6. The summed E-state index contributed by atoms with van der Waals surface area (Å²) < 4.78 is 62.9. The van der Waals surface area contributed by atoms with E-state index in [0.717, 1.165) is 96.4 Å². The Balaban J connectivity index is 0.000000169. The molecule has 0 amide bonds. The van der Waals surface area contributed by atoms with Gasteiger partial charge in [0.05, 0.1) is 54.0 Å².